The topological polar surface area (TPSA) is 614 Å². The molecule has 41 nitrogen and oxygen atoms in total. The van der Waals surface area contributed by atoms with Crippen LogP contribution in [0.2, 0.25) is 0 Å². The summed E-state index contributed by atoms with van der Waals surface area (Å²) in [6, 6.07) is 12.6. The number of nitro groups is 3. The highest BCUT2D eigenvalue weighted by Gasteiger charge is 2.45. The zero-order chi connectivity index (χ0) is 66.6. The first-order valence-electron chi connectivity index (χ1n) is 25.3. The van der Waals surface area contributed by atoms with E-state index in [0.717, 1.165) is 12.1 Å². The molecule has 2 aliphatic rings. The van der Waals surface area contributed by atoms with Crippen LogP contribution in [0.5, 0.6) is 0 Å². The molecule has 6 aromatic rings. The Labute approximate surface area is 503 Å². The first-order chi connectivity index (χ1) is 41.7. The summed E-state index contributed by atoms with van der Waals surface area (Å²) < 4.78 is 119. The molecule has 0 radical (unpaired) electrons. The predicted octanol–water partition coefficient (Wildman–Crippen LogP) is 5.58. The van der Waals surface area contributed by atoms with Crippen LogP contribution in [0.4, 0.5) is 28.4 Å². The molecule has 0 saturated carbocycles. The summed E-state index contributed by atoms with van der Waals surface area (Å²) in [5.41, 5.74) is 13.5. The highest BCUT2D eigenvalue weighted by Crippen LogP contribution is 2.67. The minimum Gasteiger partial charge on any atom is -0.398 e. The molecule has 2 fully saturated rings. The van der Waals surface area contributed by atoms with Gasteiger partial charge in [-0.15, -0.1) is 0 Å². The van der Waals surface area contributed by atoms with Gasteiger partial charge in [0.15, 0.2) is 0 Å². The molecule has 4 aromatic heterocycles. The highest BCUT2D eigenvalue weighted by atomic mass is 31.3. The van der Waals surface area contributed by atoms with Crippen molar-refractivity contribution in [1.29, 1.82) is 0 Å². The summed E-state index contributed by atoms with van der Waals surface area (Å²) in [5, 5.41) is 56.8. The van der Waals surface area contributed by atoms with Gasteiger partial charge in [0, 0.05) is 89.1 Å². The first-order valence-corrected chi connectivity index (χ1v) is 34.3. The van der Waals surface area contributed by atoms with E-state index in [4.69, 9.17) is 50.0 Å². The fraction of sp³-hybridized carbons (Fsp3) is 0.395. The van der Waals surface area contributed by atoms with Gasteiger partial charge < -0.3 is 88.9 Å². The Kier molecular flexibility index (Phi) is 22.8. The Hall–Kier alpha value is -5.80. The number of nitro benzene ring substituents is 3. The Bertz CT molecular complexity index is 3920. The van der Waals surface area contributed by atoms with E-state index in [1.165, 1.54) is 52.0 Å². The first kappa shape index (κ1) is 71.6. The van der Waals surface area contributed by atoms with Crippen LogP contribution in [0.3, 0.4) is 0 Å². The molecule has 11 atom stereocenters. The van der Waals surface area contributed by atoms with E-state index in [2.05, 4.69) is 36.3 Å². The van der Waals surface area contributed by atoms with Crippen molar-refractivity contribution in [2.24, 2.45) is 5.92 Å². The van der Waals surface area contributed by atoms with E-state index in [0.29, 0.717) is 38.8 Å². The number of anilines is 2. The fourth-order valence-electron chi connectivity index (χ4n) is 9.26. The second kappa shape index (κ2) is 28.6. The Morgan fingerprint density at radius 3 is 1.39 bits per heavy atom. The predicted molar refractivity (Wildman–Crippen MR) is 301 cm³/mol. The summed E-state index contributed by atoms with van der Waals surface area (Å²) in [6.45, 7) is 1.21. The molecule has 8 rings (SSSR count). The summed E-state index contributed by atoms with van der Waals surface area (Å²) in [5.74, 6) is -0.475. The van der Waals surface area contributed by atoms with Gasteiger partial charge in [-0.1, -0.05) is 26.0 Å². The van der Waals surface area contributed by atoms with Crippen LogP contribution >= 0.6 is 46.9 Å². The van der Waals surface area contributed by atoms with Crippen LogP contribution in [0.25, 0.3) is 22.1 Å². The number of benzene rings is 2. The van der Waals surface area contributed by atoms with Crippen LogP contribution < -0.4 is 11.5 Å². The third kappa shape index (κ3) is 18.7. The van der Waals surface area contributed by atoms with Crippen molar-refractivity contribution in [2.75, 3.05) is 24.7 Å². The van der Waals surface area contributed by atoms with Crippen molar-refractivity contribution >= 4 is 97.4 Å². The third-order valence-electron chi connectivity index (χ3n) is 12.8. The maximum Gasteiger partial charge on any atom is 0.490 e. The Morgan fingerprint density at radius 2 is 0.978 bits per heavy atom. The van der Waals surface area contributed by atoms with Gasteiger partial charge in [0.2, 0.25) is 0 Å². The average Bonchev–Trinajstić information content (AvgIpc) is 1.67. The number of pyridine rings is 2. The van der Waals surface area contributed by atoms with Crippen molar-refractivity contribution in [2.45, 2.75) is 89.5 Å². The van der Waals surface area contributed by atoms with Gasteiger partial charge in [0.05, 0.1) is 71.7 Å². The molecule has 494 valence electrons. The van der Waals surface area contributed by atoms with Crippen molar-refractivity contribution in [3.63, 3.8) is 0 Å². The second-order valence-electron chi connectivity index (χ2n) is 19.5. The van der Waals surface area contributed by atoms with Crippen molar-refractivity contribution in [3.8, 4) is 0 Å². The molecular weight excluding hydrogens is 1340 g/mol. The van der Waals surface area contributed by atoms with Crippen LogP contribution in [-0.4, -0.2) is 121 Å². The van der Waals surface area contributed by atoms with E-state index < -0.39 is 135 Å². The molecule has 6 heterocycles. The molecule has 0 bridgehead atoms. The van der Waals surface area contributed by atoms with Crippen molar-refractivity contribution < 1.29 is 137 Å². The third-order valence-corrected chi connectivity index (χ3v) is 20.4. The number of nitrogens with two attached hydrogens (primary N) is 2. The molecule has 14 N–H and O–H groups in total. The lowest BCUT2D eigenvalue weighted by Crippen LogP contribution is -2.26. The maximum atomic E-state index is 12.1. The number of aromatic nitrogens is 4. The van der Waals surface area contributed by atoms with Crippen LogP contribution in [-0.2, 0) is 92.4 Å². The number of rotatable bonds is 28. The molecule has 0 amide bonds. The van der Waals surface area contributed by atoms with Gasteiger partial charge in [-0.05, 0) is 30.2 Å². The van der Waals surface area contributed by atoms with E-state index in [9.17, 15) is 87.5 Å². The maximum absolute atomic E-state index is 12.1. The zero-order valence-corrected chi connectivity index (χ0v) is 51.4. The summed E-state index contributed by atoms with van der Waals surface area (Å²) in [4.78, 5) is 114. The number of phosphoric ester groups is 2. The molecule has 2 aliphatic heterocycles. The molecule has 2 saturated heterocycles. The molecule has 0 spiro atoms. The number of aliphatic hydroxyl groups excluding tert-OH is 2. The van der Waals surface area contributed by atoms with Crippen molar-refractivity contribution in [3.05, 3.63) is 132 Å². The van der Waals surface area contributed by atoms with Crippen LogP contribution in [0, 0.1) is 36.3 Å². The number of hydrogen-bond donors (Lipinski definition) is 12. The van der Waals surface area contributed by atoms with Gasteiger partial charge >= 0.3 is 46.9 Å². The SMILES string of the molecule is CC(C)C(OCc1cn([C@H]2C[C@@H](O)[C@@H](COP(=O)(O)OP(=O)(O)OP(=O)(O)O)O2)c2nccc(N)c12)c1c([N+](=O)[O-])cccc1[N+](=O)[O-].Nc1ccnc2c1c(COCc1ccccc1[N+](=O)[O-])cn2[C@H]1C[C@@H](O)[C@@H](COP(=O)(O)OP(=O)(O)OP(=O)(O)O)O1. The van der Waals surface area contributed by atoms with E-state index >= 15 is 0 Å². The monoisotopic (exact) mass is 1400 g/mol. The lowest BCUT2D eigenvalue weighted by Gasteiger charge is -2.21. The minimum absolute atomic E-state index is 0.0316. The number of phosphoric acid groups is 6. The largest absolute Gasteiger partial charge is 0.490 e. The quantitative estimate of drug-likeness (QED) is 0.0162. The molecule has 90 heavy (non-hydrogen) atoms. The Morgan fingerprint density at radius 1 is 0.578 bits per heavy atom. The van der Waals surface area contributed by atoms with E-state index in [1.54, 1.807) is 38.2 Å². The Balaban J connectivity index is 0.000000258. The van der Waals surface area contributed by atoms with Gasteiger partial charge in [-0.3, -0.25) is 39.4 Å². The smallest absolute Gasteiger partial charge is 0.398 e. The summed E-state index contributed by atoms with van der Waals surface area (Å²) in [7, 11) is -33.6. The normalized spacial score (nSPS) is 21.9. The van der Waals surface area contributed by atoms with Gasteiger partial charge in [0.25, 0.3) is 17.1 Å². The lowest BCUT2D eigenvalue weighted by atomic mass is 9.95. The second-order valence-corrected chi connectivity index (χ2v) is 28.4. The van der Waals surface area contributed by atoms with Crippen molar-refractivity contribution in [1.82, 2.24) is 19.1 Å². The number of para-hydroxylation sites is 1. The van der Waals surface area contributed by atoms with E-state index in [1.807, 2.05) is 0 Å². The fourth-order valence-corrected chi connectivity index (χ4v) is 15.3. The highest BCUT2D eigenvalue weighted by molar-refractivity contribution is 7.67. The minimum atomic E-state index is -5.76. The number of nitrogens with zero attached hydrogens (tertiary/aromatic N) is 7. The standard InChI is InChI=1S/C23H30N5O17P3.C20H25N4O15P3/c1-12(2)22(21-15(27(30)31)4-3-5-16(21)28(32)33)41-10-13-9-26(23-20(13)14(24)6-7-25-23)19-8-17(29)18(43-19)11-42-47(37,38)45-48(39,40)44-46(34,35)36;21-14-5-6-22-20-19(14)13(10-35-9-12-3-1-2-4-15(12)24(26)27)8-23(20)18-7-16(25)17(37-18)11-36-41(31,32)39-42(33,34)38-40(28,29)30/h3-7,9,12,17-19,22,29H,8,10-11H2,1-2H3,(H2,24,25)(H,37,38)(H,39,40)(H2,34,35,36);1-6,8,16-18,25H,7,9-11H2,(H2,21,22)(H,31,32)(H,33,34)(H2,28,29,30)/t17-,18-,19-,22?;16-,17-,18-/m11/s1. The van der Waals surface area contributed by atoms with E-state index in [-0.39, 0.29) is 55.2 Å². The molecule has 2 aromatic carbocycles. The lowest BCUT2D eigenvalue weighted by molar-refractivity contribution is -0.397. The van der Waals surface area contributed by atoms with Crippen LogP contribution in [0.15, 0.2) is 79.4 Å². The molecule has 47 heteroatoms. The van der Waals surface area contributed by atoms with Gasteiger partial charge in [-0.25, -0.2) is 37.4 Å². The van der Waals surface area contributed by atoms with Gasteiger partial charge in [0.1, 0.15) is 41.5 Å². The number of aliphatic hydroxyl groups is 2. The summed E-state index contributed by atoms with van der Waals surface area (Å²) in [6.07, 6.45) is -2.60. The van der Waals surface area contributed by atoms with Crippen LogP contribution in [0.1, 0.15) is 67.5 Å². The number of ether oxygens (including phenoxy) is 4. The number of hydrogen-bond acceptors (Lipinski definition) is 28. The van der Waals surface area contributed by atoms with Gasteiger partial charge in [-0.2, -0.15) is 17.2 Å². The molecule has 5 unspecified atom stereocenters. The molecule has 0 aliphatic carbocycles. The summed E-state index contributed by atoms with van der Waals surface area (Å²) >= 11 is 0. The molecular formula is C43H55N9O32P6. The zero-order valence-electron chi connectivity index (χ0n) is 46.0. The number of fused-ring (bicyclic) bond motifs is 2. The average molecular weight is 1400 g/mol. The number of nitrogen functional groups attached to an aromatic ring is 2.